The Kier molecular flexibility index (Phi) is 2.33. The minimum atomic E-state index is -0.111. The number of allylic oxidation sites excluding steroid dienone is 1. The van der Waals surface area contributed by atoms with Crippen LogP contribution in [0.2, 0.25) is 0 Å². The second-order valence-corrected chi connectivity index (χ2v) is 2.68. The van der Waals surface area contributed by atoms with Gasteiger partial charge in [-0.3, -0.25) is 4.79 Å². The minimum absolute atomic E-state index is 0.111. The van der Waals surface area contributed by atoms with Crippen molar-refractivity contribution in [3.05, 3.63) is 34.6 Å². The zero-order chi connectivity index (χ0) is 9.14. The summed E-state index contributed by atoms with van der Waals surface area (Å²) in [4.78, 5) is 13.7. The monoisotopic (exact) mass is 164 g/mol. The first-order valence-electron chi connectivity index (χ1n) is 3.71. The van der Waals surface area contributed by atoms with Crippen LogP contribution < -0.4 is 10.9 Å². The second-order valence-electron chi connectivity index (χ2n) is 2.68. The molecule has 0 saturated heterocycles. The van der Waals surface area contributed by atoms with E-state index in [0.717, 1.165) is 11.1 Å². The molecular weight excluding hydrogens is 152 g/mol. The van der Waals surface area contributed by atoms with Gasteiger partial charge in [-0.25, -0.2) is 0 Å². The summed E-state index contributed by atoms with van der Waals surface area (Å²) < 4.78 is 0. The molecule has 0 bridgehead atoms. The molecule has 3 heteroatoms. The Morgan fingerprint density at radius 3 is 2.75 bits per heavy atom. The third kappa shape index (κ3) is 1.75. The molecule has 0 aliphatic rings. The highest BCUT2D eigenvalue weighted by molar-refractivity contribution is 5.63. The lowest BCUT2D eigenvalue weighted by Gasteiger charge is -2.02. The predicted octanol–water partition coefficient (Wildman–Crippen LogP) is 1.45. The molecule has 1 aromatic rings. The number of aromatic amines is 1. The van der Waals surface area contributed by atoms with Gasteiger partial charge in [0.2, 0.25) is 5.56 Å². The zero-order valence-electron chi connectivity index (χ0n) is 7.27. The van der Waals surface area contributed by atoms with E-state index in [0.29, 0.717) is 5.82 Å². The molecule has 0 saturated carbocycles. The van der Waals surface area contributed by atoms with Gasteiger partial charge >= 0.3 is 0 Å². The molecular formula is C9H12N2O. The van der Waals surface area contributed by atoms with Crippen molar-refractivity contribution in [2.75, 3.05) is 12.4 Å². The van der Waals surface area contributed by atoms with Crippen molar-refractivity contribution in [1.29, 1.82) is 0 Å². The summed E-state index contributed by atoms with van der Waals surface area (Å²) in [7, 11) is 1.76. The third-order valence-corrected chi connectivity index (χ3v) is 1.61. The second kappa shape index (κ2) is 3.26. The molecule has 0 spiro atoms. The molecule has 0 aliphatic carbocycles. The first-order valence-corrected chi connectivity index (χ1v) is 3.71. The molecule has 0 fully saturated rings. The molecule has 2 N–H and O–H groups in total. The Bertz CT molecular complexity index is 352. The van der Waals surface area contributed by atoms with Crippen LogP contribution in [0.3, 0.4) is 0 Å². The van der Waals surface area contributed by atoms with Gasteiger partial charge in [0, 0.05) is 13.1 Å². The van der Waals surface area contributed by atoms with Crippen molar-refractivity contribution in [3.63, 3.8) is 0 Å². The first-order chi connectivity index (χ1) is 5.63. The largest absolute Gasteiger partial charge is 0.375 e. The summed E-state index contributed by atoms with van der Waals surface area (Å²) in [6.07, 6.45) is 0. The zero-order valence-corrected chi connectivity index (χ0v) is 7.27. The van der Waals surface area contributed by atoms with Crippen molar-refractivity contribution in [2.45, 2.75) is 6.92 Å². The Morgan fingerprint density at radius 1 is 1.58 bits per heavy atom. The highest BCUT2D eigenvalue weighted by Crippen LogP contribution is 2.11. The van der Waals surface area contributed by atoms with Crippen LogP contribution in [0.25, 0.3) is 5.57 Å². The number of H-pyrrole nitrogens is 1. The standard InChI is InChI=1S/C9H12N2O/c1-6(2)7-4-8(10-3)11-9(12)5-7/h4-5H,1H2,2-3H3,(H2,10,11,12). The lowest BCUT2D eigenvalue weighted by atomic mass is 10.1. The van der Waals surface area contributed by atoms with Crippen molar-refractivity contribution in [3.8, 4) is 0 Å². The van der Waals surface area contributed by atoms with Gasteiger partial charge in [-0.1, -0.05) is 12.2 Å². The first kappa shape index (κ1) is 8.59. The smallest absolute Gasteiger partial charge is 0.250 e. The van der Waals surface area contributed by atoms with E-state index >= 15 is 0 Å². The molecule has 1 heterocycles. The number of nitrogens with one attached hydrogen (secondary N) is 2. The summed E-state index contributed by atoms with van der Waals surface area (Å²) >= 11 is 0. The number of hydrogen-bond acceptors (Lipinski definition) is 2. The highest BCUT2D eigenvalue weighted by Gasteiger charge is 1.97. The van der Waals surface area contributed by atoms with Crippen LogP contribution in [0.15, 0.2) is 23.5 Å². The Balaban J connectivity index is 3.24. The quantitative estimate of drug-likeness (QED) is 0.694. The number of hydrogen-bond donors (Lipinski definition) is 2. The fourth-order valence-electron chi connectivity index (χ4n) is 0.924. The maximum Gasteiger partial charge on any atom is 0.250 e. The molecule has 0 atom stereocenters. The van der Waals surface area contributed by atoms with Crippen molar-refractivity contribution in [1.82, 2.24) is 4.98 Å². The van der Waals surface area contributed by atoms with Crippen molar-refractivity contribution >= 4 is 11.4 Å². The maximum atomic E-state index is 11.0. The SMILES string of the molecule is C=C(C)c1cc(NC)[nH]c(=O)c1. The molecule has 0 aromatic carbocycles. The minimum Gasteiger partial charge on any atom is -0.375 e. The maximum absolute atomic E-state index is 11.0. The molecule has 0 aliphatic heterocycles. The molecule has 1 aromatic heterocycles. The Morgan fingerprint density at radius 2 is 2.25 bits per heavy atom. The summed E-state index contributed by atoms with van der Waals surface area (Å²) in [6, 6.07) is 3.38. The normalized spacial score (nSPS) is 9.50. The highest BCUT2D eigenvalue weighted by atomic mass is 16.1. The molecule has 0 radical (unpaired) electrons. The van der Waals surface area contributed by atoms with Crippen LogP contribution in [0.1, 0.15) is 12.5 Å². The van der Waals surface area contributed by atoms with E-state index in [9.17, 15) is 4.79 Å². The lowest BCUT2D eigenvalue weighted by Crippen LogP contribution is -2.08. The number of anilines is 1. The van der Waals surface area contributed by atoms with E-state index < -0.39 is 0 Å². The van der Waals surface area contributed by atoms with Gasteiger partial charge in [0.15, 0.2) is 0 Å². The van der Waals surface area contributed by atoms with Gasteiger partial charge < -0.3 is 10.3 Å². The van der Waals surface area contributed by atoms with E-state index in [4.69, 9.17) is 0 Å². The van der Waals surface area contributed by atoms with Crippen LogP contribution in [0.5, 0.6) is 0 Å². The molecule has 64 valence electrons. The van der Waals surface area contributed by atoms with E-state index in [-0.39, 0.29) is 5.56 Å². The van der Waals surface area contributed by atoms with Gasteiger partial charge in [-0.2, -0.15) is 0 Å². The Hall–Kier alpha value is -1.51. The fraction of sp³-hybridized carbons (Fsp3) is 0.222. The van der Waals surface area contributed by atoms with Crippen LogP contribution in [-0.2, 0) is 0 Å². The topological polar surface area (TPSA) is 44.9 Å². The average molecular weight is 164 g/mol. The van der Waals surface area contributed by atoms with Crippen LogP contribution in [0.4, 0.5) is 5.82 Å². The number of pyridine rings is 1. The third-order valence-electron chi connectivity index (χ3n) is 1.61. The lowest BCUT2D eigenvalue weighted by molar-refractivity contribution is 1.21. The summed E-state index contributed by atoms with van der Waals surface area (Å²) in [6.45, 7) is 5.63. The van der Waals surface area contributed by atoms with E-state index in [1.165, 1.54) is 6.07 Å². The van der Waals surface area contributed by atoms with E-state index in [1.54, 1.807) is 7.05 Å². The number of aromatic nitrogens is 1. The Labute approximate surface area is 71.1 Å². The summed E-state index contributed by atoms with van der Waals surface area (Å²) in [5.41, 5.74) is 1.64. The number of rotatable bonds is 2. The van der Waals surface area contributed by atoms with Crippen molar-refractivity contribution < 1.29 is 0 Å². The molecule has 0 amide bonds. The summed E-state index contributed by atoms with van der Waals surface area (Å²) in [5, 5.41) is 2.87. The van der Waals surface area contributed by atoms with Gasteiger partial charge in [-0.15, -0.1) is 0 Å². The van der Waals surface area contributed by atoms with Crippen molar-refractivity contribution in [2.24, 2.45) is 0 Å². The molecule has 3 nitrogen and oxygen atoms in total. The molecule has 1 rings (SSSR count). The summed E-state index contributed by atoms with van der Waals surface area (Å²) in [5.74, 6) is 0.709. The molecule has 0 unspecified atom stereocenters. The van der Waals surface area contributed by atoms with Gasteiger partial charge in [-0.05, 0) is 18.6 Å². The average Bonchev–Trinajstić information content (AvgIpc) is 2.03. The van der Waals surface area contributed by atoms with Crippen LogP contribution in [-0.4, -0.2) is 12.0 Å². The van der Waals surface area contributed by atoms with E-state index in [1.807, 2.05) is 13.0 Å². The molecule has 12 heavy (non-hydrogen) atoms. The van der Waals surface area contributed by atoms with Gasteiger partial charge in [0.25, 0.3) is 0 Å². The van der Waals surface area contributed by atoms with Gasteiger partial charge in [0.1, 0.15) is 5.82 Å². The fourth-order valence-corrected chi connectivity index (χ4v) is 0.924. The van der Waals surface area contributed by atoms with Crippen LogP contribution in [0, 0.1) is 0 Å². The van der Waals surface area contributed by atoms with Crippen LogP contribution >= 0.6 is 0 Å². The van der Waals surface area contributed by atoms with Gasteiger partial charge in [0.05, 0.1) is 0 Å². The predicted molar refractivity (Wildman–Crippen MR) is 51.3 cm³/mol. The van der Waals surface area contributed by atoms with E-state index in [2.05, 4.69) is 16.9 Å².